The maximum Gasteiger partial charge on any atom is 0.312 e. The van der Waals surface area contributed by atoms with Crippen LogP contribution in [-0.2, 0) is 9.59 Å². The smallest absolute Gasteiger partial charge is 0.312 e. The molecule has 6 heteroatoms. The number of amides is 2. The van der Waals surface area contributed by atoms with Crippen LogP contribution in [0.1, 0.15) is 25.7 Å². The molecule has 6 nitrogen and oxygen atoms in total. The molecule has 1 heterocycles. The fourth-order valence-corrected chi connectivity index (χ4v) is 2.56. The lowest BCUT2D eigenvalue weighted by atomic mass is 9.91. The van der Waals surface area contributed by atoms with E-state index >= 15 is 0 Å². The Kier molecular flexibility index (Phi) is 5.15. The number of carbonyl (C=O) groups excluding carboxylic acids is 2. The van der Waals surface area contributed by atoms with Crippen LogP contribution in [0.25, 0.3) is 0 Å². The van der Waals surface area contributed by atoms with Crippen LogP contribution >= 0.6 is 0 Å². The monoisotopic (exact) mass is 269 g/mol. The van der Waals surface area contributed by atoms with Crippen molar-refractivity contribution >= 4 is 11.8 Å². The van der Waals surface area contributed by atoms with Gasteiger partial charge in [-0.3, -0.25) is 9.59 Å². The summed E-state index contributed by atoms with van der Waals surface area (Å²) in [5.41, 5.74) is 0. The van der Waals surface area contributed by atoms with E-state index in [0.717, 1.165) is 38.8 Å². The molecule has 19 heavy (non-hydrogen) atoms. The third-order valence-electron chi connectivity index (χ3n) is 3.93. The lowest BCUT2D eigenvalue weighted by Gasteiger charge is -2.37. The van der Waals surface area contributed by atoms with Gasteiger partial charge in [0.05, 0.1) is 6.61 Å². The Labute approximate surface area is 113 Å². The summed E-state index contributed by atoms with van der Waals surface area (Å²) in [7, 11) is 0. The van der Waals surface area contributed by atoms with Gasteiger partial charge in [-0.25, -0.2) is 0 Å². The number of hydrogen-bond donors (Lipinski definition) is 2. The molecule has 0 aromatic heterocycles. The second-order valence-corrected chi connectivity index (χ2v) is 5.20. The molecule has 0 atom stereocenters. The third kappa shape index (κ3) is 3.45. The number of aliphatic hydroxyl groups excluding tert-OH is 1. The van der Waals surface area contributed by atoms with Crippen LogP contribution in [0.5, 0.6) is 0 Å². The van der Waals surface area contributed by atoms with Gasteiger partial charge in [-0.05, 0) is 32.2 Å². The number of rotatable bonds is 3. The molecular weight excluding hydrogens is 246 g/mol. The minimum absolute atomic E-state index is 0.0862. The molecule has 108 valence electrons. The molecular formula is C13H23N3O3. The maximum absolute atomic E-state index is 12.3. The Morgan fingerprint density at radius 2 is 2.00 bits per heavy atom. The van der Waals surface area contributed by atoms with Crippen molar-refractivity contribution in [2.75, 3.05) is 39.3 Å². The molecule has 0 bridgehead atoms. The fraction of sp³-hybridized carbons (Fsp3) is 0.846. The largest absolute Gasteiger partial charge is 0.395 e. The predicted molar refractivity (Wildman–Crippen MR) is 70.5 cm³/mol. The number of hydrogen-bond acceptors (Lipinski definition) is 4. The molecule has 2 rings (SSSR count). The molecule has 0 spiro atoms. The zero-order valence-electron chi connectivity index (χ0n) is 11.3. The minimum atomic E-state index is -0.444. The summed E-state index contributed by atoms with van der Waals surface area (Å²) in [4.78, 5) is 27.7. The van der Waals surface area contributed by atoms with Crippen molar-refractivity contribution in [3.63, 3.8) is 0 Å². The molecule has 1 aliphatic carbocycles. The Hall–Kier alpha value is -1.14. The first-order chi connectivity index (χ1) is 9.24. The van der Waals surface area contributed by atoms with Gasteiger partial charge in [0.25, 0.3) is 0 Å². The molecule has 2 aliphatic rings. The highest BCUT2D eigenvalue weighted by Gasteiger charge is 2.34. The van der Waals surface area contributed by atoms with E-state index in [0.29, 0.717) is 13.1 Å². The average Bonchev–Trinajstić information content (AvgIpc) is 2.63. The van der Waals surface area contributed by atoms with Gasteiger partial charge in [0.15, 0.2) is 0 Å². The maximum atomic E-state index is 12.3. The normalized spacial score (nSPS) is 20.6. The van der Waals surface area contributed by atoms with Gasteiger partial charge < -0.3 is 20.2 Å². The molecule has 0 aromatic carbocycles. The molecule has 2 fully saturated rings. The van der Waals surface area contributed by atoms with E-state index in [1.54, 1.807) is 9.80 Å². The number of nitrogens with zero attached hydrogens (tertiary/aromatic N) is 2. The third-order valence-corrected chi connectivity index (χ3v) is 3.93. The Morgan fingerprint density at radius 3 is 2.63 bits per heavy atom. The van der Waals surface area contributed by atoms with Crippen LogP contribution in [-0.4, -0.2) is 72.1 Å². The summed E-state index contributed by atoms with van der Waals surface area (Å²) in [6.45, 7) is 3.03. The van der Waals surface area contributed by atoms with E-state index in [9.17, 15) is 9.59 Å². The van der Waals surface area contributed by atoms with E-state index in [1.807, 2.05) is 0 Å². The first-order valence-electron chi connectivity index (χ1n) is 7.15. The summed E-state index contributed by atoms with van der Waals surface area (Å²) in [6, 6.07) is 0.147. The lowest BCUT2D eigenvalue weighted by molar-refractivity contribution is -0.154. The zero-order valence-corrected chi connectivity index (χ0v) is 11.3. The van der Waals surface area contributed by atoms with Crippen LogP contribution in [0.2, 0.25) is 0 Å². The van der Waals surface area contributed by atoms with E-state index in [1.165, 1.54) is 0 Å². The first-order valence-corrected chi connectivity index (χ1v) is 7.15. The van der Waals surface area contributed by atoms with Gasteiger partial charge >= 0.3 is 11.8 Å². The highest BCUT2D eigenvalue weighted by Crippen LogP contribution is 2.24. The quantitative estimate of drug-likeness (QED) is 0.657. The van der Waals surface area contributed by atoms with Gasteiger partial charge in [-0.1, -0.05) is 0 Å². The lowest BCUT2D eigenvalue weighted by Crippen LogP contribution is -2.52. The standard InChI is InChI=1S/C13H23N3O3/c17-10-9-16(11-3-1-4-11)13(19)12(18)15-7-2-5-14-6-8-15/h11,14,17H,1-10H2. The zero-order chi connectivity index (χ0) is 13.7. The molecule has 0 radical (unpaired) electrons. The van der Waals surface area contributed by atoms with Crippen LogP contribution in [0.3, 0.4) is 0 Å². The highest BCUT2D eigenvalue weighted by atomic mass is 16.3. The van der Waals surface area contributed by atoms with Gasteiger partial charge in [-0.2, -0.15) is 0 Å². The van der Waals surface area contributed by atoms with E-state index < -0.39 is 11.8 Å². The van der Waals surface area contributed by atoms with Gasteiger partial charge in [0, 0.05) is 32.2 Å². The predicted octanol–water partition coefficient (Wildman–Crippen LogP) is -0.818. The Morgan fingerprint density at radius 1 is 1.21 bits per heavy atom. The van der Waals surface area contributed by atoms with Crippen molar-refractivity contribution in [1.82, 2.24) is 15.1 Å². The molecule has 2 amide bonds. The fourth-order valence-electron chi connectivity index (χ4n) is 2.56. The molecule has 1 aliphatic heterocycles. The van der Waals surface area contributed by atoms with Crippen LogP contribution in [0, 0.1) is 0 Å². The van der Waals surface area contributed by atoms with Crippen molar-refractivity contribution < 1.29 is 14.7 Å². The Balaban J connectivity index is 1.96. The van der Waals surface area contributed by atoms with Crippen molar-refractivity contribution in [2.24, 2.45) is 0 Å². The SMILES string of the molecule is O=C(C(=O)N(CCO)C1CCC1)N1CCCNCC1. The number of aliphatic hydroxyl groups is 1. The van der Waals surface area contributed by atoms with Crippen molar-refractivity contribution in [3.05, 3.63) is 0 Å². The van der Waals surface area contributed by atoms with Gasteiger partial charge in [-0.15, -0.1) is 0 Å². The number of carbonyl (C=O) groups is 2. The first kappa shape index (κ1) is 14.3. The molecule has 2 N–H and O–H groups in total. The van der Waals surface area contributed by atoms with E-state index in [-0.39, 0.29) is 19.2 Å². The molecule has 1 saturated heterocycles. The average molecular weight is 269 g/mol. The van der Waals surface area contributed by atoms with Crippen LogP contribution in [0.15, 0.2) is 0 Å². The number of nitrogens with one attached hydrogen (secondary N) is 1. The summed E-state index contributed by atoms with van der Waals surface area (Å²) in [5.74, 6) is -0.857. The molecule has 0 aromatic rings. The summed E-state index contributed by atoms with van der Waals surface area (Å²) in [6.07, 6.45) is 3.87. The topological polar surface area (TPSA) is 72.9 Å². The van der Waals surface area contributed by atoms with Gasteiger partial charge in [0.1, 0.15) is 0 Å². The Bertz CT molecular complexity index is 323. The summed E-state index contributed by atoms with van der Waals surface area (Å²) in [5, 5.41) is 12.3. The summed E-state index contributed by atoms with van der Waals surface area (Å²) < 4.78 is 0. The minimum Gasteiger partial charge on any atom is -0.395 e. The van der Waals surface area contributed by atoms with Crippen molar-refractivity contribution in [2.45, 2.75) is 31.7 Å². The second-order valence-electron chi connectivity index (χ2n) is 5.20. The van der Waals surface area contributed by atoms with E-state index in [4.69, 9.17) is 5.11 Å². The van der Waals surface area contributed by atoms with Crippen LogP contribution in [0.4, 0.5) is 0 Å². The highest BCUT2D eigenvalue weighted by molar-refractivity contribution is 6.35. The molecule has 1 saturated carbocycles. The van der Waals surface area contributed by atoms with E-state index in [2.05, 4.69) is 5.32 Å². The van der Waals surface area contributed by atoms with Crippen molar-refractivity contribution in [1.29, 1.82) is 0 Å². The van der Waals surface area contributed by atoms with Crippen LogP contribution < -0.4 is 5.32 Å². The summed E-state index contributed by atoms with van der Waals surface area (Å²) >= 11 is 0. The molecule has 0 unspecified atom stereocenters. The van der Waals surface area contributed by atoms with Gasteiger partial charge in [0.2, 0.25) is 0 Å². The van der Waals surface area contributed by atoms with Crippen molar-refractivity contribution in [3.8, 4) is 0 Å². The second kappa shape index (κ2) is 6.86.